The number of nitrogens with one attached hydrogen (secondary N) is 1. The van der Waals surface area contributed by atoms with Crippen molar-refractivity contribution in [3.8, 4) is 0 Å². The van der Waals surface area contributed by atoms with Gasteiger partial charge in [0.2, 0.25) is 10.0 Å². The number of carbonyl (C=O) groups is 1. The minimum Gasteiger partial charge on any atom is -0.462 e. The Morgan fingerprint density at radius 2 is 1.71 bits per heavy atom. The lowest BCUT2D eigenvalue weighted by atomic mass is 10.1. The van der Waals surface area contributed by atoms with Crippen molar-refractivity contribution in [2.45, 2.75) is 38.5 Å². The maximum atomic E-state index is 13.0. The molecule has 1 saturated heterocycles. The molecule has 2 aromatic carbocycles. The van der Waals surface area contributed by atoms with Gasteiger partial charge in [-0.25, -0.2) is 21.6 Å². The van der Waals surface area contributed by atoms with Crippen LogP contribution in [0.4, 0.5) is 11.4 Å². The Morgan fingerprint density at radius 1 is 1.10 bits per heavy atom. The molecule has 1 aliphatic rings. The van der Waals surface area contributed by atoms with E-state index in [9.17, 15) is 21.6 Å². The molecule has 8 nitrogen and oxygen atoms in total. The Bertz CT molecular complexity index is 1170. The maximum Gasteiger partial charge on any atom is 0.338 e. The molecule has 0 radical (unpaired) electrons. The van der Waals surface area contributed by atoms with Gasteiger partial charge in [0.1, 0.15) is 0 Å². The van der Waals surface area contributed by atoms with E-state index in [4.69, 9.17) is 4.74 Å². The van der Waals surface area contributed by atoms with Crippen LogP contribution in [0.25, 0.3) is 0 Å². The van der Waals surface area contributed by atoms with Gasteiger partial charge in [0, 0.05) is 12.2 Å². The van der Waals surface area contributed by atoms with E-state index in [1.54, 1.807) is 32.9 Å². The molecular formula is C21H26N2O6S2. The Kier molecular flexibility index (Phi) is 6.61. The summed E-state index contributed by atoms with van der Waals surface area (Å²) in [5.74, 6) is -0.388. The van der Waals surface area contributed by atoms with Crippen LogP contribution < -0.4 is 9.03 Å². The second-order valence-electron chi connectivity index (χ2n) is 7.41. The second kappa shape index (κ2) is 8.88. The summed E-state index contributed by atoms with van der Waals surface area (Å²) in [7, 11) is -7.32. The third-order valence-electron chi connectivity index (χ3n) is 5.00. The number of anilines is 2. The number of esters is 1. The number of carbonyl (C=O) groups excluding carboxylic acids is 1. The third kappa shape index (κ3) is 5.01. The van der Waals surface area contributed by atoms with Crippen molar-refractivity contribution in [3.63, 3.8) is 0 Å². The van der Waals surface area contributed by atoms with Crippen molar-refractivity contribution < 1.29 is 26.4 Å². The molecule has 31 heavy (non-hydrogen) atoms. The van der Waals surface area contributed by atoms with Gasteiger partial charge in [-0.05, 0) is 81.1 Å². The van der Waals surface area contributed by atoms with Crippen LogP contribution in [0.3, 0.4) is 0 Å². The largest absolute Gasteiger partial charge is 0.462 e. The number of nitrogens with zero attached hydrogens (tertiary/aromatic N) is 1. The maximum absolute atomic E-state index is 13.0. The topological polar surface area (TPSA) is 110 Å². The Balaban J connectivity index is 1.88. The van der Waals surface area contributed by atoms with Crippen LogP contribution in [0.2, 0.25) is 0 Å². The van der Waals surface area contributed by atoms with E-state index in [1.165, 1.54) is 28.6 Å². The summed E-state index contributed by atoms with van der Waals surface area (Å²) in [6.45, 7) is 5.63. The normalized spacial score (nSPS) is 16.0. The lowest BCUT2D eigenvalue weighted by molar-refractivity contribution is 0.0526. The second-order valence-corrected chi connectivity index (χ2v) is 11.0. The molecule has 0 amide bonds. The summed E-state index contributed by atoms with van der Waals surface area (Å²) < 4.78 is 59.7. The number of hydrogen-bond donors (Lipinski definition) is 1. The van der Waals surface area contributed by atoms with Crippen molar-refractivity contribution in [3.05, 3.63) is 53.1 Å². The Morgan fingerprint density at radius 3 is 2.26 bits per heavy atom. The van der Waals surface area contributed by atoms with Gasteiger partial charge >= 0.3 is 5.97 Å². The minimum atomic E-state index is -3.93. The van der Waals surface area contributed by atoms with Gasteiger partial charge in [-0.15, -0.1) is 0 Å². The molecule has 10 heteroatoms. The average Bonchev–Trinajstić information content (AvgIpc) is 2.67. The quantitative estimate of drug-likeness (QED) is 0.655. The van der Waals surface area contributed by atoms with E-state index in [0.29, 0.717) is 41.0 Å². The first kappa shape index (κ1) is 23.1. The van der Waals surface area contributed by atoms with Gasteiger partial charge in [-0.3, -0.25) is 9.03 Å². The summed E-state index contributed by atoms with van der Waals surface area (Å²) in [6.07, 6.45) is 1.39. The number of sulfonamides is 2. The zero-order valence-electron chi connectivity index (χ0n) is 17.7. The van der Waals surface area contributed by atoms with E-state index < -0.39 is 26.0 Å². The molecule has 168 valence electrons. The highest BCUT2D eigenvalue weighted by Gasteiger charge is 2.28. The molecule has 0 spiro atoms. The van der Waals surface area contributed by atoms with Crippen LogP contribution in [0.1, 0.15) is 41.3 Å². The number of ether oxygens (including phenoxy) is 1. The van der Waals surface area contributed by atoms with Crippen molar-refractivity contribution in [2.75, 3.05) is 27.9 Å². The first-order valence-corrected chi connectivity index (χ1v) is 13.1. The summed E-state index contributed by atoms with van der Waals surface area (Å²) in [5, 5.41) is 0. The molecule has 0 saturated carbocycles. The third-order valence-corrected chi connectivity index (χ3v) is 8.55. The van der Waals surface area contributed by atoms with Crippen LogP contribution in [0, 0.1) is 13.8 Å². The fourth-order valence-corrected chi connectivity index (χ4v) is 6.81. The van der Waals surface area contributed by atoms with Gasteiger partial charge in [0.15, 0.2) is 0 Å². The number of benzene rings is 2. The summed E-state index contributed by atoms with van der Waals surface area (Å²) >= 11 is 0. The highest BCUT2D eigenvalue weighted by atomic mass is 32.2. The van der Waals surface area contributed by atoms with Gasteiger partial charge in [0.25, 0.3) is 10.0 Å². The first-order valence-electron chi connectivity index (χ1n) is 9.97. The van der Waals surface area contributed by atoms with Crippen molar-refractivity contribution in [2.24, 2.45) is 0 Å². The molecule has 2 aromatic rings. The highest BCUT2D eigenvalue weighted by molar-refractivity contribution is 7.93. The van der Waals surface area contributed by atoms with Crippen LogP contribution >= 0.6 is 0 Å². The molecular weight excluding hydrogens is 440 g/mol. The molecule has 0 bridgehead atoms. The zero-order valence-corrected chi connectivity index (χ0v) is 19.3. The molecule has 0 aromatic heterocycles. The first-order chi connectivity index (χ1) is 14.5. The lowest BCUT2D eigenvalue weighted by Crippen LogP contribution is -2.38. The van der Waals surface area contributed by atoms with E-state index in [1.807, 2.05) is 0 Å². The van der Waals surface area contributed by atoms with Crippen LogP contribution in [0.15, 0.2) is 41.3 Å². The monoisotopic (exact) mass is 466 g/mol. The Hall–Kier alpha value is -2.59. The average molecular weight is 467 g/mol. The van der Waals surface area contributed by atoms with E-state index in [-0.39, 0.29) is 17.3 Å². The van der Waals surface area contributed by atoms with Crippen molar-refractivity contribution >= 4 is 37.4 Å². The van der Waals surface area contributed by atoms with Crippen LogP contribution in [-0.4, -0.2) is 41.7 Å². The Labute approximate surface area is 183 Å². The summed E-state index contributed by atoms with van der Waals surface area (Å²) in [6, 6.07) is 9.13. The van der Waals surface area contributed by atoms with Gasteiger partial charge in [-0.2, -0.15) is 0 Å². The minimum absolute atomic E-state index is 0.0918. The van der Waals surface area contributed by atoms with Gasteiger partial charge in [-0.1, -0.05) is 0 Å². The van der Waals surface area contributed by atoms with Crippen LogP contribution in [-0.2, 0) is 24.8 Å². The molecule has 0 unspecified atom stereocenters. The molecule has 0 aliphatic carbocycles. The van der Waals surface area contributed by atoms with Crippen molar-refractivity contribution in [1.29, 1.82) is 0 Å². The molecule has 1 heterocycles. The lowest BCUT2D eigenvalue weighted by Gasteiger charge is -2.29. The van der Waals surface area contributed by atoms with E-state index in [2.05, 4.69) is 4.72 Å². The highest BCUT2D eigenvalue weighted by Crippen LogP contribution is 2.31. The predicted octanol–water partition coefficient (Wildman–Crippen LogP) is 3.21. The zero-order chi connectivity index (χ0) is 22.8. The fraction of sp³-hybridized carbons (Fsp3) is 0.381. The van der Waals surface area contributed by atoms with Gasteiger partial charge < -0.3 is 4.74 Å². The molecule has 3 rings (SSSR count). The molecule has 1 N–H and O–H groups in total. The number of hydrogen-bond acceptors (Lipinski definition) is 6. The molecule has 1 fully saturated rings. The number of aryl methyl sites for hydroxylation is 2. The SMILES string of the molecule is CCOC(=O)c1ccc(NS(=O)(=O)c2c(C)cc(N3CCCCS3(=O)=O)cc2C)cc1. The fourth-order valence-electron chi connectivity index (χ4n) is 3.67. The van der Waals surface area contributed by atoms with Crippen molar-refractivity contribution in [1.82, 2.24) is 0 Å². The van der Waals surface area contributed by atoms with Crippen LogP contribution in [0.5, 0.6) is 0 Å². The van der Waals surface area contributed by atoms with E-state index in [0.717, 1.165) is 6.42 Å². The predicted molar refractivity (Wildman–Crippen MR) is 119 cm³/mol. The summed E-state index contributed by atoms with van der Waals surface area (Å²) in [4.78, 5) is 11.8. The number of rotatable bonds is 6. The van der Waals surface area contributed by atoms with Gasteiger partial charge in [0.05, 0.1) is 28.5 Å². The van der Waals surface area contributed by atoms with E-state index >= 15 is 0 Å². The standard InChI is InChI=1S/C21H26N2O6S2/c1-4-29-21(24)17-7-9-18(10-8-17)22-31(27,28)20-15(2)13-19(14-16(20)3)23-11-5-6-12-30(23,25)26/h7-10,13-14,22H,4-6,11-12H2,1-3H3. The molecule has 0 atom stereocenters. The smallest absolute Gasteiger partial charge is 0.338 e. The summed E-state index contributed by atoms with van der Waals surface area (Å²) in [5.41, 5.74) is 2.00. The molecule has 1 aliphatic heterocycles.